The minimum Gasteiger partial charge on any atom is -0.338 e. The van der Waals surface area contributed by atoms with E-state index in [0.29, 0.717) is 30.9 Å². The van der Waals surface area contributed by atoms with Crippen LogP contribution in [-0.4, -0.2) is 46.3 Å². The lowest BCUT2D eigenvalue weighted by atomic mass is 9.97. The molecule has 1 saturated heterocycles. The number of anilines is 1. The number of aromatic nitrogens is 2. The molecule has 1 aliphatic heterocycles. The molecule has 1 fully saturated rings. The zero-order chi connectivity index (χ0) is 22.5. The van der Waals surface area contributed by atoms with Gasteiger partial charge in [0.1, 0.15) is 5.82 Å². The highest BCUT2D eigenvalue weighted by Crippen LogP contribution is 2.19. The van der Waals surface area contributed by atoms with E-state index in [1.54, 1.807) is 18.3 Å². The molecule has 1 unspecified atom stereocenters. The number of rotatable bonds is 5. The van der Waals surface area contributed by atoms with Gasteiger partial charge in [-0.2, -0.15) is 5.10 Å². The van der Waals surface area contributed by atoms with Crippen molar-refractivity contribution in [3.05, 3.63) is 77.9 Å². The summed E-state index contributed by atoms with van der Waals surface area (Å²) in [6.45, 7) is 3.71. The van der Waals surface area contributed by atoms with Crippen LogP contribution in [0.2, 0.25) is 0 Å². The lowest BCUT2D eigenvalue weighted by Gasteiger charge is -2.33. The second-order valence-corrected chi connectivity index (χ2v) is 8.04. The van der Waals surface area contributed by atoms with Crippen LogP contribution in [-0.2, 0) is 0 Å². The third kappa shape index (κ3) is 5.14. The van der Waals surface area contributed by atoms with Crippen LogP contribution in [0.3, 0.4) is 0 Å². The molecule has 3 aromatic rings. The second-order valence-electron chi connectivity index (χ2n) is 8.04. The number of nitrogens with one attached hydrogen (secondary N) is 2. The Labute approximate surface area is 186 Å². The van der Waals surface area contributed by atoms with E-state index >= 15 is 0 Å². The highest BCUT2D eigenvalue weighted by Gasteiger charge is 2.25. The number of halogens is 1. The van der Waals surface area contributed by atoms with Gasteiger partial charge in [-0.1, -0.05) is 6.07 Å². The van der Waals surface area contributed by atoms with Crippen LogP contribution in [0.5, 0.6) is 0 Å². The number of benzene rings is 2. The van der Waals surface area contributed by atoms with Crippen LogP contribution in [0.1, 0.15) is 28.9 Å². The van der Waals surface area contributed by atoms with Gasteiger partial charge < -0.3 is 15.5 Å². The van der Waals surface area contributed by atoms with E-state index in [1.807, 2.05) is 46.8 Å². The van der Waals surface area contributed by atoms with Crippen LogP contribution in [0.4, 0.5) is 14.9 Å². The van der Waals surface area contributed by atoms with Crippen molar-refractivity contribution in [3.8, 4) is 5.69 Å². The van der Waals surface area contributed by atoms with Crippen molar-refractivity contribution in [3.63, 3.8) is 0 Å². The number of hydrogen-bond acceptors (Lipinski definition) is 3. The van der Waals surface area contributed by atoms with E-state index in [2.05, 4.69) is 15.7 Å². The number of carbonyl (C=O) groups excluding carboxylic acids is 2. The van der Waals surface area contributed by atoms with Crippen LogP contribution >= 0.6 is 0 Å². The van der Waals surface area contributed by atoms with Gasteiger partial charge >= 0.3 is 6.03 Å². The molecule has 0 saturated carbocycles. The molecule has 2 heterocycles. The Morgan fingerprint density at radius 2 is 1.97 bits per heavy atom. The minimum absolute atomic E-state index is 0.0114. The maximum atomic E-state index is 13.3. The number of likely N-dealkylation sites (tertiary alicyclic amines) is 1. The zero-order valence-electron chi connectivity index (χ0n) is 17.9. The van der Waals surface area contributed by atoms with E-state index in [0.717, 1.165) is 24.2 Å². The molecule has 0 radical (unpaired) electrons. The molecule has 4 rings (SSSR count). The first kappa shape index (κ1) is 21.5. The van der Waals surface area contributed by atoms with E-state index in [9.17, 15) is 14.0 Å². The summed E-state index contributed by atoms with van der Waals surface area (Å²) in [6.07, 6.45) is 3.56. The van der Waals surface area contributed by atoms with Gasteiger partial charge in [0.25, 0.3) is 5.91 Å². The van der Waals surface area contributed by atoms with E-state index in [4.69, 9.17) is 0 Å². The van der Waals surface area contributed by atoms with Crippen LogP contribution in [0.15, 0.2) is 60.8 Å². The number of amides is 3. The smallest absolute Gasteiger partial charge is 0.319 e. The topological polar surface area (TPSA) is 79.3 Å². The summed E-state index contributed by atoms with van der Waals surface area (Å²) < 4.78 is 15.1. The van der Waals surface area contributed by atoms with Crippen molar-refractivity contribution in [1.82, 2.24) is 20.0 Å². The van der Waals surface area contributed by atoms with E-state index in [1.165, 1.54) is 12.1 Å². The summed E-state index contributed by atoms with van der Waals surface area (Å²) in [5.41, 5.74) is 2.97. The molecule has 0 spiro atoms. The normalized spacial score (nSPS) is 15.9. The van der Waals surface area contributed by atoms with Crippen molar-refractivity contribution >= 4 is 17.6 Å². The molecular formula is C24H26FN5O2. The minimum atomic E-state index is -0.406. The van der Waals surface area contributed by atoms with Crippen molar-refractivity contribution in [1.29, 1.82) is 0 Å². The molecule has 166 valence electrons. The van der Waals surface area contributed by atoms with Crippen molar-refractivity contribution in [2.45, 2.75) is 19.8 Å². The Morgan fingerprint density at radius 1 is 1.16 bits per heavy atom. The van der Waals surface area contributed by atoms with Crippen molar-refractivity contribution in [2.24, 2.45) is 5.92 Å². The second kappa shape index (κ2) is 9.64. The number of hydrogen-bond donors (Lipinski definition) is 2. The van der Waals surface area contributed by atoms with Crippen LogP contribution in [0, 0.1) is 18.7 Å². The maximum absolute atomic E-state index is 13.3. The molecule has 3 amide bonds. The van der Waals surface area contributed by atoms with Crippen LogP contribution in [0.25, 0.3) is 5.69 Å². The SMILES string of the molecule is Cc1ccnn1-c1ccc(C(=O)N2CCCC(CNC(=O)Nc3cccc(F)c3)C2)cc1. The lowest BCUT2D eigenvalue weighted by Crippen LogP contribution is -2.44. The fourth-order valence-electron chi connectivity index (χ4n) is 3.96. The van der Waals surface area contributed by atoms with Gasteiger partial charge in [-0.15, -0.1) is 0 Å². The van der Waals surface area contributed by atoms with Gasteiger partial charge in [0.2, 0.25) is 0 Å². The van der Waals surface area contributed by atoms with Gasteiger partial charge in [-0.05, 0) is 74.2 Å². The molecule has 1 atom stereocenters. The number of piperidine rings is 1. The molecule has 0 aliphatic carbocycles. The average Bonchev–Trinajstić information content (AvgIpc) is 3.23. The molecule has 2 aromatic carbocycles. The van der Waals surface area contributed by atoms with Gasteiger partial charge in [0, 0.05) is 42.8 Å². The predicted molar refractivity (Wildman–Crippen MR) is 120 cm³/mol. The fourth-order valence-corrected chi connectivity index (χ4v) is 3.96. The summed E-state index contributed by atoms with van der Waals surface area (Å²) in [5.74, 6) is -0.253. The number of nitrogens with zero attached hydrogens (tertiary/aromatic N) is 3. The Morgan fingerprint density at radius 3 is 2.69 bits per heavy atom. The van der Waals surface area contributed by atoms with Gasteiger partial charge in [-0.25, -0.2) is 13.9 Å². The van der Waals surface area contributed by atoms with Gasteiger partial charge in [0.05, 0.1) is 5.69 Å². The quantitative estimate of drug-likeness (QED) is 0.636. The van der Waals surface area contributed by atoms with E-state index in [-0.39, 0.29) is 17.9 Å². The Hall–Kier alpha value is -3.68. The average molecular weight is 436 g/mol. The van der Waals surface area contributed by atoms with Crippen molar-refractivity contribution < 1.29 is 14.0 Å². The molecule has 1 aromatic heterocycles. The van der Waals surface area contributed by atoms with Gasteiger partial charge in [0.15, 0.2) is 0 Å². The molecular weight excluding hydrogens is 409 g/mol. The lowest BCUT2D eigenvalue weighted by molar-refractivity contribution is 0.0675. The number of aryl methyl sites for hydroxylation is 1. The third-order valence-corrected chi connectivity index (χ3v) is 5.63. The highest BCUT2D eigenvalue weighted by atomic mass is 19.1. The molecule has 32 heavy (non-hydrogen) atoms. The molecule has 2 N–H and O–H groups in total. The summed E-state index contributed by atoms with van der Waals surface area (Å²) in [5, 5.41) is 9.74. The monoisotopic (exact) mass is 435 g/mol. The highest BCUT2D eigenvalue weighted by molar-refractivity contribution is 5.94. The number of urea groups is 1. The molecule has 8 heteroatoms. The standard InChI is InChI=1S/C24H26FN5O2/c1-17-11-12-27-30(17)22-9-7-19(8-10-22)23(31)29-13-3-4-18(16-29)15-26-24(32)28-21-6-2-5-20(25)14-21/h2,5-12,14,18H,3-4,13,15-16H2,1H3,(H2,26,28,32). The summed E-state index contributed by atoms with van der Waals surface area (Å²) in [4.78, 5) is 27.0. The van der Waals surface area contributed by atoms with Crippen LogP contribution < -0.4 is 10.6 Å². The number of carbonyl (C=O) groups is 2. The van der Waals surface area contributed by atoms with Gasteiger partial charge in [-0.3, -0.25) is 4.79 Å². The summed E-state index contributed by atoms with van der Waals surface area (Å²) >= 11 is 0. The molecule has 7 nitrogen and oxygen atoms in total. The first-order valence-corrected chi connectivity index (χ1v) is 10.7. The maximum Gasteiger partial charge on any atom is 0.319 e. The first-order valence-electron chi connectivity index (χ1n) is 10.7. The largest absolute Gasteiger partial charge is 0.338 e. The Bertz CT molecular complexity index is 1100. The molecule has 1 aliphatic rings. The van der Waals surface area contributed by atoms with Crippen molar-refractivity contribution in [2.75, 3.05) is 25.0 Å². The van der Waals surface area contributed by atoms with E-state index < -0.39 is 5.82 Å². The predicted octanol–water partition coefficient (Wildman–Crippen LogP) is 3.99. The summed E-state index contributed by atoms with van der Waals surface area (Å²) in [7, 11) is 0. The fraction of sp³-hybridized carbons (Fsp3) is 0.292. The summed E-state index contributed by atoms with van der Waals surface area (Å²) in [6, 6.07) is 14.7. The Kier molecular flexibility index (Phi) is 6.49. The molecule has 0 bridgehead atoms. The Balaban J connectivity index is 1.31. The zero-order valence-corrected chi connectivity index (χ0v) is 17.9. The third-order valence-electron chi connectivity index (χ3n) is 5.63. The first-order chi connectivity index (χ1) is 15.5.